The van der Waals surface area contributed by atoms with E-state index in [1.807, 2.05) is 73.6 Å². The lowest BCUT2D eigenvalue weighted by Gasteiger charge is -2.29. The van der Waals surface area contributed by atoms with E-state index in [0.29, 0.717) is 28.4 Å². The highest BCUT2D eigenvalue weighted by Crippen LogP contribution is 2.56. The van der Waals surface area contributed by atoms with E-state index in [-0.39, 0.29) is 99.2 Å². The average Bonchev–Trinajstić information content (AvgIpc) is 3.71. The minimum absolute atomic E-state index is 0.00340. The third-order valence-corrected chi connectivity index (χ3v) is 11.0. The van der Waals surface area contributed by atoms with Crippen LogP contribution in [0.1, 0.15) is 129 Å². The number of phenolic OH excluding ortho intramolecular Hbond substituents is 5. The minimum Gasteiger partial charge on any atom is -0.508 e. The second-order valence-electron chi connectivity index (χ2n) is 16.2. The monoisotopic (exact) mass is 774 g/mol. The predicted molar refractivity (Wildman–Crippen MR) is 219 cm³/mol. The zero-order chi connectivity index (χ0) is 41.2. The molecule has 0 spiro atoms. The van der Waals surface area contributed by atoms with Crippen molar-refractivity contribution in [1.82, 2.24) is 0 Å². The summed E-state index contributed by atoms with van der Waals surface area (Å²) in [6.07, 6.45) is 3.75. The van der Waals surface area contributed by atoms with Crippen molar-refractivity contribution in [2.45, 2.75) is 92.1 Å². The van der Waals surface area contributed by atoms with Gasteiger partial charge in [0, 0.05) is 39.8 Å². The number of aromatic hydroxyl groups is 5. The number of furan rings is 1. The molecule has 2 aliphatic heterocycles. The fraction of sp³-hybridized carbons (Fsp3) is 0.340. The highest BCUT2D eigenvalue weighted by molar-refractivity contribution is 6.21. The molecule has 0 fully saturated rings. The molecule has 0 saturated heterocycles. The first kappa shape index (κ1) is 39.2. The second-order valence-corrected chi connectivity index (χ2v) is 16.2. The lowest BCUT2D eigenvalue weighted by molar-refractivity contribution is 0.103. The third kappa shape index (κ3) is 6.70. The average molecular weight is 775 g/mol. The second kappa shape index (κ2) is 14.8. The van der Waals surface area contributed by atoms with Crippen molar-refractivity contribution in [3.8, 4) is 57.3 Å². The van der Waals surface area contributed by atoms with Crippen LogP contribution in [0.25, 0.3) is 22.3 Å². The van der Waals surface area contributed by atoms with Gasteiger partial charge in [0.05, 0.1) is 36.3 Å². The molecule has 0 amide bonds. The zero-order valence-electron chi connectivity index (χ0n) is 33.8. The number of ketones is 1. The molecule has 0 saturated carbocycles. The Bertz CT molecular complexity index is 2510. The predicted octanol–water partition coefficient (Wildman–Crippen LogP) is 10.7. The van der Waals surface area contributed by atoms with Crippen LogP contribution in [0.3, 0.4) is 0 Å². The summed E-state index contributed by atoms with van der Waals surface area (Å²) in [7, 11) is 1.51. The molecule has 57 heavy (non-hydrogen) atoms. The van der Waals surface area contributed by atoms with Crippen LogP contribution in [0.15, 0.2) is 64.1 Å². The fourth-order valence-electron chi connectivity index (χ4n) is 7.95. The van der Waals surface area contributed by atoms with E-state index in [1.54, 1.807) is 18.2 Å². The molecule has 1 aromatic heterocycles. The van der Waals surface area contributed by atoms with Crippen LogP contribution < -0.4 is 14.2 Å². The molecule has 298 valence electrons. The Kier molecular flexibility index (Phi) is 10.2. The molecule has 10 heteroatoms. The Balaban J connectivity index is 1.49. The highest BCUT2D eigenvalue weighted by atomic mass is 16.5. The molecule has 0 radical (unpaired) electrons. The van der Waals surface area contributed by atoms with Gasteiger partial charge in [0.15, 0.2) is 11.5 Å². The van der Waals surface area contributed by atoms with E-state index < -0.39 is 17.6 Å². The van der Waals surface area contributed by atoms with Crippen LogP contribution >= 0.6 is 0 Å². The molecule has 0 unspecified atom stereocenters. The summed E-state index contributed by atoms with van der Waals surface area (Å²) >= 11 is 0. The topological polar surface area (TPSA) is 159 Å². The molecule has 7 rings (SSSR count). The Morgan fingerprint density at radius 3 is 2.09 bits per heavy atom. The summed E-state index contributed by atoms with van der Waals surface area (Å²) < 4.78 is 25.1. The van der Waals surface area contributed by atoms with E-state index in [2.05, 4.69) is 0 Å². The number of hydrogen-bond acceptors (Lipinski definition) is 10. The lowest BCUT2D eigenvalue weighted by atomic mass is 9.84. The molecule has 3 heterocycles. The number of rotatable bonds is 10. The van der Waals surface area contributed by atoms with Crippen molar-refractivity contribution < 1.29 is 49.0 Å². The van der Waals surface area contributed by atoms with E-state index in [4.69, 9.17) is 18.6 Å². The van der Waals surface area contributed by atoms with Gasteiger partial charge in [0.1, 0.15) is 51.9 Å². The van der Waals surface area contributed by atoms with Crippen LogP contribution in [0.5, 0.6) is 46.0 Å². The van der Waals surface area contributed by atoms with Gasteiger partial charge in [-0.1, -0.05) is 51.0 Å². The maximum absolute atomic E-state index is 15.4. The quantitative estimate of drug-likeness (QED) is 0.0525. The number of carbonyl (C=O) groups excluding carboxylic acids is 1. The fourth-order valence-corrected chi connectivity index (χ4v) is 7.95. The summed E-state index contributed by atoms with van der Waals surface area (Å²) in [5.41, 5.74) is 5.88. The van der Waals surface area contributed by atoms with Gasteiger partial charge in [0.2, 0.25) is 5.78 Å². The van der Waals surface area contributed by atoms with Gasteiger partial charge in [-0.15, -0.1) is 0 Å². The molecule has 0 bridgehead atoms. The number of phenols is 5. The molecule has 2 atom stereocenters. The first-order chi connectivity index (χ1) is 27.0. The molecule has 0 aliphatic carbocycles. The van der Waals surface area contributed by atoms with Gasteiger partial charge in [-0.25, -0.2) is 0 Å². The minimum atomic E-state index is -0.630. The first-order valence-electron chi connectivity index (χ1n) is 19.3. The van der Waals surface area contributed by atoms with Crippen LogP contribution in [-0.2, 0) is 12.8 Å². The van der Waals surface area contributed by atoms with Crippen molar-refractivity contribution in [2.75, 3.05) is 13.7 Å². The molecular formula is C47H50O10. The van der Waals surface area contributed by atoms with Gasteiger partial charge in [-0.3, -0.25) is 4.79 Å². The summed E-state index contributed by atoms with van der Waals surface area (Å²) in [4.78, 5) is 15.4. The van der Waals surface area contributed by atoms with Gasteiger partial charge >= 0.3 is 0 Å². The van der Waals surface area contributed by atoms with E-state index in [0.717, 1.165) is 27.8 Å². The number of allylic oxidation sites excluding steroid dienone is 4. The number of ether oxygens (including phenoxy) is 3. The van der Waals surface area contributed by atoms with E-state index >= 15 is 4.79 Å². The Labute approximate surface area is 332 Å². The molecule has 5 N–H and O–H groups in total. The van der Waals surface area contributed by atoms with Crippen LogP contribution in [0.4, 0.5) is 0 Å². The third-order valence-electron chi connectivity index (χ3n) is 11.0. The number of hydrogen-bond donors (Lipinski definition) is 5. The Morgan fingerprint density at radius 1 is 0.789 bits per heavy atom. The summed E-state index contributed by atoms with van der Waals surface area (Å²) in [6.45, 7) is 15.8. The van der Waals surface area contributed by atoms with E-state index in [1.165, 1.54) is 19.2 Å². The molecule has 2 aliphatic rings. The molecular weight excluding hydrogens is 725 g/mol. The molecule has 10 nitrogen and oxygen atoms in total. The van der Waals surface area contributed by atoms with Crippen LogP contribution in [0.2, 0.25) is 0 Å². The Hall–Kier alpha value is -6.03. The smallest absolute Gasteiger partial charge is 0.201 e. The van der Waals surface area contributed by atoms with Crippen molar-refractivity contribution in [2.24, 2.45) is 0 Å². The number of carbonyl (C=O) groups is 1. The van der Waals surface area contributed by atoms with Crippen molar-refractivity contribution >= 4 is 16.8 Å². The number of fused-ring (bicyclic) bond motifs is 6. The van der Waals surface area contributed by atoms with Crippen LogP contribution in [-0.4, -0.2) is 45.0 Å². The maximum Gasteiger partial charge on any atom is 0.201 e. The van der Waals surface area contributed by atoms with Gasteiger partial charge in [-0.05, 0) is 87.8 Å². The summed E-state index contributed by atoms with van der Waals surface area (Å²) in [5.74, 6) is -0.761. The first-order valence-corrected chi connectivity index (χ1v) is 19.3. The standard InChI is InChI=1S/C47H50O10/c1-21(2)10-12-25-41(51)33(16-29-34-20-55-39-19-35(48)27(23(5)6)14-31(39)46(34)56-44(25)29)43(53)40-32-17-37(50)42(52)26(13-11-22(3)4)45(32)57-47(40)30-15-28(24(7)8)38(54-9)18-36(30)49/h10-11,14-19,23-24,34,46,48-52H,12-13,20H2,1-9H3/t34-,46-/m0/s1. The summed E-state index contributed by atoms with van der Waals surface area (Å²) in [5, 5.41) is 56.9. The van der Waals surface area contributed by atoms with Crippen molar-refractivity contribution in [3.05, 3.63) is 104 Å². The van der Waals surface area contributed by atoms with Crippen LogP contribution in [0, 0.1) is 0 Å². The zero-order valence-corrected chi connectivity index (χ0v) is 33.8. The Morgan fingerprint density at radius 2 is 1.46 bits per heavy atom. The van der Waals surface area contributed by atoms with Crippen molar-refractivity contribution in [3.63, 3.8) is 0 Å². The number of benzene rings is 4. The number of methoxy groups -OCH3 is 1. The highest BCUT2D eigenvalue weighted by Gasteiger charge is 2.44. The molecule has 5 aromatic rings. The van der Waals surface area contributed by atoms with Crippen molar-refractivity contribution in [1.29, 1.82) is 0 Å². The molecule has 4 aromatic carbocycles. The van der Waals surface area contributed by atoms with Gasteiger partial charge in [0.25, 0.3) is 0 Å². The lowest BCUT2D eigenvalue weighted by Crippen LogP contribution is -2.23. The van der Waals surface area contributed by atoms with Gasteiger partial charge in [-0.2, -0.15) is 0 Å². The maximum atomic E-state index is 15.4. The van der Waals surface area contributed by atoms with E-state index in [9.17, 15) is 25.5 Å². The largest absolute Gasteiger partial charge is 0.508 e. The summed E-state index contributed by atoms with van der Waals surface area (Å²) in [6, 6.07) is 9.63. The SMILES string of the molecule is COc1cc(O)c(-c2oc3c(CC=C(C)C)c(O)c(O)cc3c2C(=O)c2cc3c(c(CC=C(C)C)c2O)O[C@H]2c4cc(C(C)C)c(O)cc4OC[C@@H]32)cc1C(C)C. The normalized spacial score (nSPS) is 15.5. The van der Waals surface area contributed by atoms with Gasteiger partial charge < -0.3 is 44.2 Å².